The molecule has 2 heterocycles. The van der Waals surface area contributed by atoms with E-state index in [9.17, 15) is 13.2 Å². The zero-order valence-electron chi connectivity index (χ0n) is 16.2. The minimum Gasteiger partial charge on any atom is -0.493 e. The number of ether oxygens (including phenoxy) is 2. The highest BCUT2D eigenvalue weighted by Crippen LogP contribution is 2.37. The SMILES string of the molecule is CCOCCNS(=O)(=O)c1ccc(OC)c2oc(-c3csc(NC(=O)CCl)n3)cc12. The molecule has 162 valence electrons. The number of amides is 1. The van der Waals surface area contributed by atoms with Gasteiger partial charge in [0.15, 0.2) is 22.2 Å². The molecular weight excluding hydrogens is 454 g/mol. The first-order chi connectivity index (χ1) is 14.4. The van der Waals surface area contributed by atoms with E-state index < -0.39 is 10.0 Å². The molecule has 0 radical (unpaired) electrons. The Hall–Kier alpha value is -2.18. The van der Waals surface area contributed by atoms with Gasteiger partial charge in [-0.25, -0.2) is 18.1 Å². The fraction of sp³-hybridized carbons (Fsp3) is 0.333. The largest absolute Gasteiger partial charge is 0.493 e. The molecule has 0 fully saturated rings. The smallest absolute Gasteiger partial charge is 0.241 e. The van der Waals surface area contributed by atoms with E-state index in [1.54, 1.807) is 11.4 Å². The number of anilines is 1. The standard InChI is InChI=1S/C18H20ClN3O6S2/c1-3-27-7-6-20-30(24,25)15-5-4-13(26-2)17-11(15)8-14(28-17)12-10-29-18(21-12)22-16(23)9-19/h4-5,8,10,20H,3,6-7,9H2,1-2H3,(H,21,22,23). The molecule has 0 aliphatic heterocycles. The first-order valence-electron chi connectivity index (χ1n) is 8.89. The van der Waals surface area contributed by atoms with E-state index in [1.807, 2.05) is 6.92 Å². The Bertz CT molecular complexity index is 1140. The third-order valence-corrected chi connectivity index (χ3v) is 6.50. The van der Waals surface area contributed by atoms with Crippen molar-refractivity contribution in [1.82, 2.24) is 9.71 Å². The maximum absolute atomic E-state index is 12.8. The fourth-order valence-electron chi connectivity index (χ4n) is 2.66. The number of halogens is 1. The summed E-state index contributed by atoms with van der Waals surface area (Å²) in [5.74, 6) is 0.155. The van der Waals surface area contributed by atoms with E-state index in [1.165, 1.54) is 30.6 Å². The first kappa shape index (κ1) is 22.5. The van der Waals surface area contributed by atoms with Gasteiger partial charge >= 0.3 is 0 Å². The van der Waals surface area contributed by atoms with Crippen molar-refractivity contribution in [3.63, 3.8) is 0 Å². The highest BCUT2D eigenvalue weighted by Gasteiger charge is 2.23. The Morgan fingerprint density at radius 2 is 2.17 bits per heavy atom. The van der Waals surface area contributed by atoms with Crippen molar-refractivity contribution in [1.29, 1.82) is 0 Å². The lowest BCUT2D eigenvalue weighted by molar-refractivity contribution is -0.113. The van der Waals surface area contributed by atoms with Gasteiger partial charge in [-0.2, -0.15) is 0 Å². The summed E-state index contributed by atoms with van der Waals surface area (Å²) in [5.41, 5.74) is 0.718. The summed E-state index contributed by atoms with van der Waals surface area (Å²) < 4.78 is 44.4. The number of methoxy groups -OCH3 is 1. The van der Waals surface area contributed by atoms with Gasteiger partial charge in [0.1, 0.15) is 11.6 Å². The van der Waals surface area contributed by atoms with Gasteiger partial charge in [-0.15, -0.1) is 22.9 Å². The summed E-state index contributed by atoms with van der Waals surface area (Å²) >= 11 is 6.68. The molecule has 0 aliphatic carbocycles. The Morgan fingerprint density at radius 1 is 1.37 bits per heavy atom. The summed E-state index contributed by atoms with van der Waals surface area (Å²) in [6, 6.07) is 4.56. The van der Waals surface area contributed by atoms with Crippen molar-refractivity contribution in [2.24, 2.45) is 0 Å². The Kier molecular flexibility index (Phi) is 7.32. The average molecular weight is 474 g/mol. The number of nitrogens with zero attached hydrogens (tertiary/aromatic N) is 1. The number of thiazole rings is 1. The quantitative estimate of drug-likeness (QED) is 0.343. The maximum Gasteiger partial charge on any atom is 0.241 e. The number of alkyl halides is 1. The molecule has 12 heteroatoms. The van der Waals surface area contributed by atoms with E-state index in [-0.39, 0.29) is 35.4 Å². The van der Waals surface area contributed by atoms with Gasteiger partial charge in [0.05, 0.1) is 18.6 Å². The number of carbonyl (C=O) groups excluding carboxylic acids is 1. The van der Waals surface area contributed by atoms with Crippen LogP contribution in [0, 0.1) is 0 Å². The Balaban J connectivity index is 1.98. The van der Waals surface area contributed by atoms with Gasteiger partial charge in [0.25, 0.3) is 0 Å². The van der Waals surface area contributed by atoms with Gasteiger partial charge in [-0.3, -0.25) is 4.79 Å². The number of hydrogen-bond acceptors (Lipinski definition) is 8. The molecule has 0 saturated heterocycles. The number of carbonyl (C=O) groups is 1. The third kappa shape index (κ3) is 4.93. The number of sulfonamides is 1. The maximum atomic E-state index is 12.8. The monoisotopic (exact) mass is 473 g/mol. The average Bonchev–Trinajstić information content (AvgIpc) is 3.37. The van der Waals surface area contributed by atoms with Crippen molar-refractivity contribution < 1.29 is 27.1 Å². The van der Waals surface area contributed by atoms with Crippen LogP contribution in [0.2, 0.25) is 0 Å². The first-order valence-corrected chi connectivity index (χ1v) is 11.8. The van der Waals surface area contributed by atoms with Gasteiger partial charge in [-0.1, -0.05) is 0 Å². The Morgan fingerprint density at radius 3 is 2.87 bits per heavy atom. The topological polar surface area (TPSA) is 120 Å². The van der Waals surface area contributed by atoms with Gasteiger partial charge in [0.2, 0.25) is 15.9 Å². The molecular formula is C18H20ClN3O6S2. The zero-order valence-corrected chi connectivity index (χ0v) is 18.6. The molecule has 0 spiro atoms. The summed E-state index contributed by atoms with van der Waals surface area (Å²) in [4.78, 5) is 15.8. The molecule has 1 aromatic carbocycles. The second kappa shape index (κ2) is 9.75. The highest BCUT2D eigenvalue weighted by atomic mass is 35.5. The molecule has 0 saturated carbocycles. The van der Waals surface area contributed by atoms with Crippen LogP contribution in [0.1, 0.15) is 6.92 Å². The number of aromatic nitrogens is 1. The normalized spacial score (nSPS) is 11.7. The predicted molar refractivity (Wildman–Crippen MR) is 115 cm³/mol. The minimum atomic E-state index is -3.81. The lowest BCUT2D eigenvalue weighted by Crippen LogP contribution is -2.27. The summed E-state index contributed by atoms with van der Waals surface area (Å²) in [5, 5.41) is 4.95. The van der Waals surface area contributed by atoms with E-state index >= 15 is 0 Å². The molecule has 0 aliphatic rings. The van der Waals surface area contributed by atoms with Crippen molar-refractivity contribution in [2.75, 3.05) is 38.1 Å². The van der Waals surface area contributed by atoms with Crippen molar-refractivity contribution >= 4 is 55.0 Å². The van der Waals surface area contributed by atoms with E-state index in [0.29, 0.717) is 34.3 Å². The molecule has 2 aromatic heterocycles. The van der Waals surface area contributed by atoms with Crippen LogP contribution < -0.4 is 14.8 Å². The number of benzene rings is 1. The molecule has 3 rings (SSSR count). The molecule has 0 atom stereocenters. The number of rotatable bonds is 10. The van der Waals surface area contributed by atoms with Crippen molar-refractivity contribution in [2.45, 2.75) is 11.8 Å². The highest BCUT2D eigenvalue weighted by molar-refractivity contribution is 7.89. The molecule has 0 bridgehead atoms. The van der Waals surface area contributed by atoms with Crippen LogP contribution >= 0.6 is 22.9 Å². The van der Waals surface area contributed by atoms with Crippen molar-refractivity contribution in [3.05, 3.63) is 23.6 Å². The van der Waals surface area contributed by atoms with Gasteiger partial charge in [0, 0.05) is 23.9 Å². The second-order valence-corrected chi connectivity index (χ2v) is 8.79. The van der Waals surface area contributed by atoms with Gasteiger partial charge in [-0.05, 0) is 25.1 Å². The summed E-state index contributed by atoms with van der Waals surface area (Å²) in [6.45, 7) is 2.74. The molecule has 3 aromatic rings. The third-order valence-electron chi connectivity index (χ3n) is 3.98. The van der Waals surface area contributed by atoms with Crippen LogP contribution in [0.5, 0.6) is 5.75 Å². The predicted octanol–water partition coefficient (Wildman–Crippen LogP) is 3.06. The lowest BCUT2D eigenvalue weighted by Gasteiger charge is -2.09. The lowest BCUT2D eigenvalue weighted by atomic mass is 10.2. The minimum absolute atomic E-state index is 0.0516. The number of nitrogens with one attached hydrogen (secondary N) is 2. The molecule has 9 nitrogen and oxygen atoms in total. The van der Waals surface area contributed by atoms with Crippen LogP contribution in [0.3, 0.4) is 0 Å². The van der Waals surface area contributed by atoms with E-state index in [0.717, 1.165) is 0 Å². The van der Waals surface area contributed by atoms with Crippen molar-refractivity contribution in [3.8, 4) is 17.2 Å². The number of fused-ring (bicyclic) bond motifs is 1. The van der Waals surface area contributed by atoms with Crippen LogP contribution in [0.15, 0.2) is 32.9 Å². The van der Waals surface area contributed by atoms with E-state index in [2.05, 4.69) is 15.0 Å². The van der Waals surface area contributed by atoms with Crippen LogP contribution in [-0.4, -0.2) is 52.1 Å². The number of hydrogen-bond donors (Lipinski definition) is 2. The Labute approximate surface area is 182 Å². The van der Waals surface area contributed by atoms with E-state index in [4.69, 9.17) is 25.5 Å². The van der Waals surface area contributed by atoms with Crippen LogP contribution in [-0.2, 0) is 19.6 Å². The molecule has 0 unspecified atom stereocenters. The van der Waals surface area contributed by atoms with Crippen LogP contribution in [0.25, 0.3) is 22.4 Å². The molecule has 1 amide bonds. The summed E-state index contributed by atoms with van der Waals surface area (Å²) in [6.07, 6.45) is 0. The molecule has 2 N–H and O–H groups in total. The fourth-order valence-corrected chi connectivity index (χ4v) is 4.64. The molecule has 30 heavy (non-hydrogen) atoms. The summed E-state index contributed by atoms with van der Waals surface area (Å²) in [7, 11) is -2.34. The van der Waals surface area contributed by atoms with Gasteiger partial charge < -0.3 is 19.2 Å². The zero-order chi connectivity index (χ0) is 21.7. The number of furan rings is 1. The second-order valence-electron chi connectivity index (χ2n) is 5.93. The van der Waals surface area contributed by atoms with Crippen LogP contribution in [0.4, 0.5) is 5.13 Å².